The highest BCUT2D eigenvalue weighted by Gasteiger charge is 2.22. The standard InChI is InChI=1S/C18H17Cl2N3O3/c1-18(2,3)26-17(24)23-16-12(5-4-8-21-16)15(22-23)10-25-11-6-7-13(19)14(20)9-11/h4-9H,10H2,1-3H3. The number of carbonyl (C=O) groups is 1. The van der Waals surface area contributed by atoms with Crippen LogP contribution in [0.2, 0.25) is 10.0 Å². The maximum absolute atomic E-state index is 12.4. The molecule has 3 rings (SSSR count). The smallest absolute Gasteiger partial charge is 0.437 e. The number of aromatic nitrogens is 3. The Labute approximate surface area is 160 Å². The maximum Gasteiger partial charge on any atom is 0.437 e. The van der Waals surface area contributed by atoms with Gasteiger partial charge in [-0.25, -0.2) is 9.78 Å². The van der Waals surface area contributed by atoms with E-state index in [4.69, 9.17) is 32.7 Å². The highest BCUT2D eigenvalue weighted by Crippen LogP contribution is 2.27. The number of carbonyl (C=O) groups excluding carboxylic acids is 1. The van der Waals surface area contributed by atoms with Crippen molar-refractivity contribution in [3.05, 3.63) is 52.3 Å². The van der Waals surface area contributed by atoms with Gasteiger partial charge >= 0.3 is 6.09 Å². The first-order valence-electron chi connectivity index (χ1n) is 7.88. The molecular weight excluding hydrogens is 377 g/mol. The van der Waals surface area contributed by atoms with Gasteiger partial charge < -0.3 is 9.47 Å². The van der Waals surface area contributed by atoms with Gasteiger partial charge in [-0.15, -0.1) is 4.68 Å². The molecule has 0 N–H and O–H groups in total. The molecule has 2 aromatic heterocycles. The fourth-order valence-corrected chi connectivity index (χ4v) is 2.56. The number of hydrogen-bond acceptors (Lipinski definition) is 5. The van der Waals surface area contributed by atoms with Crippen molar-refractivity contribution in [2.75, 3.05) is 0 Å². The summed E-state index contributed by atoms with van der Waals surface area (Å²) in [6.45, 7) is 5.50. The molecule has 0 radical (unpaired) electrons. The Morgan fingerprint density at radius 1 is 1.19 bits per heavy atom. The Hall–Kier alpha value is -2.31. The van der Waals surface area contributed by atoms with Crippen molar-refractivity contribution in [3.8, 4) is 5.75 Å². The minimum Gasteiger partial charge on any atom is -0.487 e. The van der Waals surface area contributed by atoms with E-state index >= 15 is 0 Å². The van der Waals surface area contributed by atoms with Gasteiger partial charge in [-0.2, -0.15) is 5.10 Å². The molecule has 0 bridgehead atoms. The van der Waals surface area contributed by atoms with Crippen molar-refractivity contribution < 1.29 is 14.3 Å². The van der Waals surface area contributed by atoms with Crippen LogP contribution in [0, 0.1) is 0 Å². The number of rotatable bonds is 3. The van der Waals surface area contributed by atoms with Crippen LogP contribution in [0.15, 0.2) is 36.5 Å². The van der Waals surface area contributed by atoms with E-state index in [0.29, 0.717) is 32.5 Å². The molecule has 6 nitrogen and oxygen atoms in total. The van der Waals surface area contributed by atoms with Crippen molar-refractivity contribution in [3.63, 3.8) is 0 Å². The lowest BCUT2D eigenvalue weighted by Crippen LogP contribution is -2.28. The van der Waals surface area contributed by atoms with E-state index in [0.717, 1.165) is 4.68 Å². The molecule has 1 aromatic carbocycles. The van der Waals surface area contributed by atoms with Crippen LogP contribution in [-0.4, -0.2) is 26.5 Å². The Morgan fingerprint density at radius 2 is 1.96 bits per heavy atom. The number of halogens is 2. The van der Waals surface area contributed by atoms with Crippen LogP contribution in [0.4, 0.5) is 4.79 Å². The number of nitrogens with zero attached hydrogens (tertiary/aromatic N) is 3. The molecule has 0 amide bonds. The van der Waals surface area contributed by atoms with E-state index in [1.807, 2.05) is 6.07 Å². The average Bonchev–Trinajstić information content (AvgIpc) is 2.93. The van der Waals surface area contributed by atoms with Crippen molar-refractivity contribution in [2.45, 2.75) is 33.0 Å². The lowest BCUT2D eigenvalue weighted by molar-refractivity contribution is 0.0520. The number of hydrogen-bond donors (Lipinski definition) is 0. The van der Waals surface area contributed by atoms with Gasteiger partial charge in [-0.3, -0.25) is 0 Å². The highest BCUT2D eigenvalue weighted by molar-refractivity contribution is 6.42. The number of pyridine rings is 1. The van der Waals surface area contributed by atoms with Crippen molar-refractivity contribution in [2.24, 2.45) is 0 Å². The summed E-state index contributed by atoms with van der Waals surface area (Å²) in [7, 11) is 0. The van der Waals surface area contributed by atoms with E-state index in [1.54, 1.807) is 51.2 Å². The van der Waals surface area contributed by atoms with E-state index in [1.165, 1.54) is 0 Å². The monoisotopic (exact) mass is 393 g/mol. The highest BCUT2D eigenvalue weighted by atomic mass is 35.5. The molecule has 0 aliphatic heterocycles. The van der Waals surface area contributed by atoms with Crippen LogP contribution in [0.1, 0.15) is 26.5 Å². The summed E-state index contributed by atoms with van der Waals surface area (Å²) in [4.78, 5) is 16.6. The minimum atomic E-state index is -0.638. The predicted molar refractivity (Wildman–Crippen MR) is 100.0 cm³/mol. The van der Waals surface area contributed by atoms with Crippen LogP contribution in [0.3, 0.4) is 0 Å². The molecule has 2 heterocycles. The van der Waals surface area contributed by atoms with E-state index in [2.05, 4.69) is 10.1 Å². The van der Waals surface area contributed by atoms with Crippen LogP contribution in [0.5, 0.6) is 5.75 Å². The van der Waals surface area contributed by atoms with Gasteiger partial charge in [-0.1, -0.05) is 23.2 Å². The van der Waals surface area contributed by atoms with Gasteiger partial charge in [0.05, 0.1) is 10.0 Å². The molecule has 0 atom stereocenters. The van der Waals surface area contributed by atoms with Gasteiger partial charge in [0, 0.05) is 17.6 Å². The maximum atomic E-state index is 12.4. The second-order valence-corrected chi connectivity index (χ2v) is 7.39. The quantitative estimate of drug-likeness (QED) is 0.618. The Morgan fingerprint density at radius 3 is 2.65 bits per heavy atom. The van der Waals surface area contributed by atoms with Gasteiger partial charge in [0.2, 0.25) is 0 Å². The van der Waals surface area contributed by atoms with Gasteiger partial charge in [0.15, 0.2) is 5.65 Å². The molecule has 0 spiro atoms. The second kappa shape index (κ2) is 7.13. The third-order valence-electron chi connectivity index (χ3n) is 3.35. The fraction of sp³-hybridized carbons (Fsp3) is 0.278. The SMILES string of the molecule is CC(C)(C)OC(=O)n1nc(COc2ccc(Cl)c(Cl)c2)c2cccnc21. The summed E-state index contributed by atoms with van der Waals surface area (Å²) < 4.78 is 12.3. The van der Waals surface area contributed by atoms with E-state index in [-0.39, 0.29) is 6.61 Å². The Bertz CT molecular complexity index is 964. The fourth-order valence-electron chi connectivity index (χ4n) is 2.27. The first-order chi connectivity index (χ1) is 12.2. The van der Waals surface area contributed by atoms with Gasteiger partial charge in [-0.05, 0) is 45.0 Å². The summed E-state index contributed by atoms with van der Waals surface area (Å²) in [5, 5.41) is 5.88. The molecule has 0 aliphatic rings. The normalized spacial score (nSPS) is 11.6. The zero-order valence-electron chi connectivity index (χ0n) is 14.5. The van der Waals surface area contributed by atoms with E-state index in [9.17, 15) is 4.79 Å². The van der Waals surface area contributed by atoms with Crippen molar-refractivity contribution in [1.82, 2.24) is 14.8 Å². The van der Waals surface area contributed by atoms with Crippen molar-refractivity contribution >= 4 is 40.3 Å². The van der Waals surface area contributed by atoms with Crippen LogP contribution < -0.4 is 4.74 Å². The number of ether oxygens (including phenoxy) is 2. The molecule has 3 aromatic rings. The zero-order chi connectivity index (χ0) is 18.9. The van der Waals surface area contributed by atoms with Crippen LogP contribution in [0.25, 0.3) is 11.0 Å². The summed E-state index contributed by atoms with van der Waals surface area (Å²) >= 11 is 11.9. The first-order valence-corrected chi connectivity index (χ1v) is 8.64. The largest absolute Gasteiger partial charge is 0.487 e. The van der Waals surface area contributed by atoms with E-state index < -0.39 is 11.7 Å². The molecule has 0 aliphatic carbocycles. The molecule has 136 valence electrons. The topological polar surface area (TPSA) is 66.2 Å². The minimum absolute atomic E-state index is 0.135. The molecule has 0 unspecified atom stereocenters. The summed E-state index contributed by atoms with van der Waals surface area (Å²) in [6, 6.07) is 8.57. The second-order valence-electron chi connectivity index (χ2n) is 6.58. The summed E-state index contributed by atoms with van der Waals surface area (Å²) in [5.41, 5.74) is 0.334. The van der Waals surface area contributed by atoms with Crippen molar-refractivity contribution in [1.29, 1.82) is 0 Å². The lowest BCUT2D eigenvalue weighted by Gasteiger charge is -2.18. The van der Waals surface area contributed by atoms with Gasteiger partial charge in [0.1, 0.15) is 23.7 Å². The van der Waals surface area contributed by atoms with Crippen LogP contribution >= 0.6 is 23.2 Å². The zero-order valence-corrected chi connectivity index (χ0v) is 16.0. The summed E-state index contributed by atoms with van der Waals surface area (Å²) in [5.74, 6) is 0.545. The molecule has 26 heavy (non-hydrogen) atoms. The molecule has 0 saturated carbocycles. The molecule has 8 heteroatoms. The predicted octanol–water partition coefficient (Wildman–Crippen LogP) is 5.10. The number of benzene rings is 1. The third kappa shape index (κ3) is 4.08. The Kier molecular flexibility index (Phi) is 5.07. The number of fused-ring (bicyclic) bond motifs is 1. The molecular formula is C18H17Cl2N3O3. The Balaban J connectivity index is 1.89. The molecule has 0 fully saturated rings. The average molecular weight is 394 g/mol. The van der Waals surface area contributed by atoms with Crippen LogP contribution in [-0.2, 0) is 11.3 Å². The third-order valence-corrected chi connectivity index (χ3v) is 4.09. The van der Waals surface area contributed by atoms with Gasteiger partial charge in [0.25, 0.3) is 0 Å². The molecule has 0 saturated heterocycles. The lowest BCUT2D eigenvalue weighted by atomic mass is 10.2. The first kappa shape index (κ1) is 18.5. The summed E-state index contributed by atoms with van der Waals surface area (Å²) in [6.07, 6.45) is 0.996.